The third kappa shape index (κ3) is 5.06. The highest BCUT2D eigenvalue weighted by molar-refractivity contribution is 7.99. The molecule has 0 spiro atoms. The van der Waals surface area contributed by atoms with Gasteiger partial charge in [0.1, 0.15) is 0 Å². The molecule has 0 fully saturated rings. The monoisotopic (exact) mass is 307 g/mol. The van der Waals surface area contributed by atoms with E-state index in [0.717, 1.165) is 17.0 Å². The van der Waals surface area contributed by atoms with Crippen LogP contribution in [-0.4, -0.2) is 33.1 Å². The number of nitrogens with zero attached hydrogens (tertiary/aromatic N) is 2. The number of nitrogens with one attached hydrogen (secondary N) is 1. The summed E-state index contributed by atoms with van der Waals surface area (Å²) in [5.74, 6) is 1.99. The smallest absolute Gasteiger partial charge is 0.257 e. The third-order valence-electron chi connectivity index (χ3n) is 2.68. The van der Waals surface area contributed by atoms with E-state index in [-0.39, 0.29) is 11.4 Å². The molecule has 1 heterocycles. The summed E-state index contributed by atoms with van der Waals surface area (Å²) in [4.78, 5) is 4.42. The molecule has 114 valence electrons. The number of hydrogen-bond acceptors (Lipinski definition) is 6. The Morgan fingerprint density at radius 3 is 2.57 bits per heavy atom. The van der Waals surface area contributed by atoms with Gasteiger partial charge in [0.2, 0.25) is 0 Å². The topological polar surface area (TPSA) is 71.2 Å². The highest BCUT2D eigenvalue weighted by atomic mass is 32.2. The highest BCUT2D eigenvalue weighted by Crippen LogP contribution is 2.27. The lowest BCUT2D eigenvalue weighted by atomic mass is 10.2. The average molecular weight is 307 g/mol. The standard InChI is InChI=1S/C15H21N3O2S/c1-15(2,3)21-10-13-17-14(20-18-13)11-4-6-12(7-5-11)16-8-9-19/h4-7,16,19H,8-10H2,1-3H3. The van der Waals surface area contributed by atoms with Crippen LogP contribution >= 0.6 is 11.8 Å². The fourth-order valence-corrected chi connectivity index (χ4v) is 2.32. The van der Waals surface area contributed by atoms with Crippen molar-refractivity contribution in [2.24, 2.45) is 0 Å². The fourth-order valence-electron chi connectivity index (χ4n) is 1.64. The Kier molecular flexibility index (Phi) is 5.25. The average Bonchev–Trinajstić information content (AvgIpc) is 2.92. The number of hydrogen-bond donors (Lipinski definition) is 2. The molecule has 0 aliphatic carbocycles. The molecule has 1 aromatic carbocycles. The lowest BCUT2D eigenvalue weighted by molar-refractivity contribution is 0.311. The van der Waals surface area contributed by atoms with E-state index in [4.69, 9.17) is 9.63 Å². The molecule has 5 nitrogen and oxygen atoms in total. The second-order valence-electron chi connectivity index (χ2n) is 5.64. The summed E-state index contributed by atoms with van der Waals surface area (Å²) in [6, 6.07) is 7.71. The van der Waals surface area contributed by atoms with Gasteiger partial charge in [-0.1, -0.05) is 25.9 Å². The Bertz CT molecular complexity index is 561. The molecule has 0 unspecified atom stereocenters. The summed E-state index contributed by atoms with van der Waals surface area (Å²) in [7, 11) is 0. The fraction of sp³-hybridized carbons (Fsp3) is 0.467. The quantitative estimate of drug-likeness (QED) is 0.854. The molecule has 0 saturated heterocycles. The van der Waals surface area contributed by atoms with Crippen molar-refractivity contribution in [3.05, 3.63) is 30.1 Å². The van der Waals surface area contributed by atoms with Crippen molar-refractivity contribution in [1.82, 2.24) is 10.1 Å². The Balaban J connectivity index is 2.00. The van der Waals surface area contributed by atoms with Crippen molar-refractivity contribution in [3.8, 4) is 11.5 Å². The van der Waals surface area contributed by atoms with Crippen molar-refractivity contribution in [2.75, 3.05) is 18.5 Å². The van der Waals surface area contributed by atoms with E-state index in [9.17, 15) is 0 Å². The molecule has 21 heavy (non-hydrogen) atoms. The molecule has 0 amide bonds. The number of aliphatic hydroxyl groups excluding tert-OH is 1. The van der Waals surface area contributed by atoms with Gasteiger partial charge in [-0.2, -0.15) is 4.98 Å². The van der Waals surface area contributed by atoms with Crippen LogP contribution in [0.15, 0.2) is 28.8 Å². The molecule has 0 atom stereocenters. The zero-order valence-electron chi connectivity index (χ0n) is 12.6. The van der Waals surface area contributed by atoms with Crippen LogP contribution in [0.1, 0.15) is 26.6 Å². The van der Waals surface area contributed by atoms with Gasteiger partial charge in [-0.25, -0.2) is 0 Å². The first-order valence-electron chi connectivity index (χ1n) is 6.90. The molecule has 0 radical (unpaired) electrons. The summed E-state index contributed by atoms with van der Waals surface area (Å²) in [5, 5.41) is 15.9. The largest absolute Gasteiger partial charge is 0.395 e. The van der Waals surface area contributed by atoms with Crippen molar-refractivity contribution < 1.29 is 9.63 Å². The van der Waals surface area contributed by atoms with E-state index in [0.29, 0.717) is 18.3 Å². The van der Waals surface area contributed by atoms with Gasteiger partial charge in [-0.15, -0.1) is 11.8 Å². The molecule has 0 aliphatic heterocycles. The highest BCUT2D eigenvalue weighted by Gasteiger charge is 2.14. The maximum atomic E-state index is 8.77. The van der Waals surface area contributed by atoms with Gasteiger partial charge in [0.05, 0.1) is 12.4 Å². The van der Waals surface area contributed by atoms with Crippen LogP contribution in [0.5, 0.6) is 0 Å². The Morgan fingerprint density at radius 2 is 1.95 bits per heavy atom. The van der Waals surface area contributed by atoms with E-state index in [2.05, 4.69) is 36.2 Å². The predicted molar refractivity (Wildman–Crippen MR) is 86.4 cm³/mol. The number of rotatable bonds is 6. The predicted octanol–water partition coefficient (Wildman–Crippen LogP) is 3.17. The van der Waals surface area contributed by atoms with Crippen LogP contribution in [0, 0.1) is 0 Å². The zero-order valence-corrected chi connectivity index (χ0v) is 13.4. The van der Waals surface area contributed by atoms with E-state index in [1.54, 1.807) is 11.8 Å². The van der Waals surface area contributed by atoms with Crippen molar-refractivity contribution in [2.45, 2.75) is 31.3 Å². The van der Waals surface area contributed by atoms with Gasteiger partial charge in [0, 0.05) is 22.5 Å². The van der Waals surface area contributed by atoms with Crippen LogP contribution < -0.4 is 5.32 Å². The van der Waals surface area contributed by atoms with Crippen LogP contribution in [0.25, 0.3) is 11.5 Å². The van der Waals surface area contributed by atoms with E-state index in [1.165, 1.54) is 0 Å². The molecule has 0 saturated carbocycles. The van der Waals surface area contributed by atoms with Gasteiger partial charge < -0.3 is 14.9 Å². The summed E-state index contributed by atoms with van der Waals surface area (Å²) >= 11 is 1.79. The molecular weight excluding hydrogens is 286 g/mol. The van der Waals surface area contributed by atoms with E-state index in [1.807, 2.05) is 24.3 Å². The first kappa shape index (κ1) is 15.9. The maximum absolute atomic E-state index is 8.77. The second-order valence-corrected chi connectivity index (χ2v) is 7.45. The number of anilines is 1. The second kappa shape index (κ2) is 6.95. The van der Waals surface area contributed by atoms with E-state index >= 15 is 0 Å². The van der Waals surface area contributed by atoms with Crippen molar-refractivity contribution in [3.63, 3.8) is 0 Å². The molecular formula is C15H21N3O2S. The van der Waals surface area contributed by atoms with Gasteiger partial charge in [0.15, 0.2) is 5.82 Å². The molecule has 1 aromatic heterocycles. The Hall–Kier alpha value is -1.53. The molecule has 0 bridgehead atoms. The minimum atomic E-state index is 0.111. The first-order chi connectivity index (χ1) is 9.98. The lowest BCUT2D eigenvalue weighted by Crippen LogP contribution is -2.07. The number of aliphatic hydroxyl groups is 1. The molecule has 2 rings (SSSR count). The van der Waals surface area contributed by atoms with Crippen molar-refractivity contribution >= 4 is 17.4 Å². The van der Waals surface area contributed by atoms with Gasteiger partial charge in [-0.3, -0.25) is 0 Å². The number of benzene rings is 1. The minimum Gasteiger partial charge on any atom is -0.395 e. The molecule has 2 N–H and O–H groups in total. The summed E-state index contributed by atoms with van der Waals surface area (Å²) in [6.45, 7) is 7.14. The lowest BCUT2D eigenvalue weighted by Gasteiger charge is -2.15. The number of aromatic nitrogens is 2. The van der Waals surface area contributed by atoms with E-state index < -0.39 is 0 Å². The minimum absolute atomic E-state index is 0.111. The molecule has 0 aliphatic rings. The van der Waals surface area contributed by atoms with Crippen LogP contribution in [0.4, 0.5) is 5.69 Å². The maximum Gasteiger partial charge on any atom is 0.257 e. The molecule has 6 heteroatoms. The van der Waals surface area contributed by atoms with Crippen molar-refractivity contribution in [1.29, 1.82) is 0 Å². The normalized spacial score (nSPS) is 11.6. The SMILES string of the molecule is CC(C)(C)SCc1noc(-c2ccc(NCCO)cc2)n1. The van der Waals surface area contributed by atoms with Gasteiger partial charge in [0.25, 0.3) is 5.89 Å². The van der Waals surface area contributed by atoms with Crippen LogP contribution in [0.2, 0.25) is 0 Å². The third-order valence-corrected chi connectivity index (χ3v) is 3.94. The van der Waals surface area contributed by atoms with Gasteiger partial charge in [-0.05, 0) is 24.3 Å². The summed E-state index contributed by atoms with van der Waals surface area (Å²) < 4.78 is 5.48. The summed E-state index contributed by atoms with van der Waals surface area (Å²) in [5.41, 5.74) is 1.85. The van der Waals surface area contributed by atoms with Crippen LogP contribution in [0.3, 0.4) is 0 Å². The number of thioether (sulfide) groups is 1. The Morgan fingerprint density at radius 1 is 1.24 bits per heavy atom. The molecule has 2 aromatic rings. The Labute approximate surface area is 129 Å². The van der Waals surface area contributed by atoms with Crippen LogP contribution in [-0.2, 0) is 5.75 Å². The van der Waals surface area contributed by atoms with Gasteiger partial charge >= 0.3 is 0 Å². The summed E-state index contributed by atoms with van der Waals surface area (Å²) in [6.07, 6.45) is 0. The first-order valence-corrected chi connectivity index (χ1v) is 7.88. The zero-order chi connectivity index (χ0) is 15.3.